The molecule has 0 radical (unpaired) electrons. The number of aliphatic hydroxyl groups excluding tert-OH is 2. The van der Waals surface area contributed by atoms with E-state index in [0.29, 0.717) is 35.1 Å². The molecule has 8 atom stereocenters. The number of allylic oxidation sites excluding steroid dienone is 4. The average molecular weight is 485 g/mol. The third kappa shape index (κ3) is 4.10. The van der Waals surface area contributed by atoms with E-state index in [4.69, 9.17) is 5.11 Å². The van der Waals surface area contributed by atoms with Gasteiger partial charge in [-0.3, -0.25) is 9.59 Å². The maximum atomic E-state index is 13.3. The van der Waals surface area contributed by atoms with Crippen molar-refractivity contribution >= 4 is 23.3 Å². The van der Waals surface area contributed by atoms with Crippen LogP contribution in [-0.4, -0.2) is 50.7 Å². The Morgan fingerprint density at radius 1 is 1.21 bits per heavy atom. The molecule has 3 fully saturated rings. The molecule has 3 saturated carbocycles. The minimum atomic E-state index is -0.474. The van der Waals surface area contributed by atoms with Crippen LogP contribution in [0.2, 0.25) is 0 Å². The number of nitrogens with zero attached hydrogens (tertiary/aromatic N) is 2. The Kier molecular flexibility index (Phi) is 7.19. The molecule has 4 aliphatic carbocycles. The summed E-state index contributed by atoms with van der Waals surface area (Å²) in [7, 11) is 1.00. The van der Waals surface area contributed by atoms with E-state index >= 15 is 0 Å². The molecule has 2 N–H and O–H groups in total. The molecule has 6 unspecified atom stereocenters. The summed E-state index contributed by atoms with van der Waals surface area (Å²) < 4.78 is 0. The van der Waals surface area contributed by atoms with E-state index in [2.05, 4.69) is 36.8 Å². The Morgan fingerprint density at radius 2 is 1.91 bits per heavy atom. The Bertz CT molecular complexity index is 996. The molecule has 5 rings (SSSR count). The second-order valence-corrected chi connectivity index (χ2v) is 11.7. The van der Waals surface area contributed by atoms with Gasteiger partial charge in [-0.2, -0.15) is 0 Å². The third-order valence-electron chi connectivity index (χ3n) is 9.09. The number of fused-ring (bicyclic) bond motifs is 5. The number of Topliss-reactive ketones (excluding diaryl/α,β-unsaturated/α-hetero) is 1. The number of aliphatic hydroxyl groups is 2. The molecule has 0 saturated heterocycles. The minimum Gasteiger partial charge on any atom is -0.400 e. The number of aromatic nitrogens is 2. The predicted molar refractivity (Wildman–Crippen MR) is 132 cm³/mol. The van der Waals surface area contributed by atoms with Crippen molar-refractivity contribution in [3.63, 3.8) is 0 Å². The van der Waals surface area contributed by atoms with Crippen LogP contribution in [0.25, 0.3) is 0 Å². The van der Waals surface area contributed by atoms with Crippen LogP contribution >= 0.6 is 11.8 Å². The summed E-state index contributed by atoms with van der Waals surface area (Å²) in [5.41, 5.74) is 0.722. The van der Waals surface area contributed by atoms with E-state index in [0.717, 1.165) is 26.4 Å². The minimum absolute atomic E-state index is 0.0251. The van der Waals surface area contributed by atoms with Crippen LogP contribution in [0.15, 0.2) is 47.4 Å². The predicted octanol–water partition coefficient (Wildman–Crippen LogP) is 3.89. The third-order valence-corrected chi connectivity index (χ3v) is 9.99. The van der Waals surface area contributed by atoms with Crippen LogP contribution in [-0.2, 0) is 9.59 Å². The molecule has 0 aromatic carbocycles. The lowest BCUT2D eigenvalue weighted by molar-refractivity contribution is -0.139. The summed E-state index contributed by atoms with van der Waals surface area (Å²) >= 11 is 1.41. The largest absolute Gasteiger partial charge is 0.400 e. The van der Waals surface area contributed by atoms with Gasteiger partial charge in [0.15, 0.2) is 10.9 Å². The molecule has 34 heavy (non-hydrogen) atoms. The summed E-state index contributed by atoms with van der Waals surface area (Å²) in [5, 5.41) is 19.1. The van der Waals surface area contributed by atoms with E-state index in [1.807, 2.05) is 6.08 Å². The van der Waals surface area contributed by atoms with Gasteiger partial charge in [0.2, 0.25) is 0 Å². The zero-order valence-corrected chi connectivity index (χ0v) is 21.3. The van der Waals surface area contributed by atoms with Crippen LogP contribution < -0.4 is 0 Å². The highest BCUT2D eigenvalue weighted by Gasteiger charge is 2.63. The first-order chi connectivity index (χ1) is 16.2. The number of thioether (sulfide) groups is 1. The molecule has 1 aromatic rings. The van der Waals surface area contributed by atoms with Crippen molar-refractivity contribution < 1.29 is 19.8 Å². The highest BCUT2D eigenvalue weighted by atomic mass is 32.2. The Morgan fingerprint density at radius 3 is 2.62 bits per heavy atom. The second-order valence-electron chi connectivity index (χ2n) is 10.7. The van der Waals surface area contributed by atoms with Crippen molar-refractivity contribution in [1.29, 1.82) is 0 Å². The molecule has 1 aromatic heterocycles. The average Bonchev–Trinajstić information content (AvgIpc) is 3.17. The summed E-state index contributed by atoms with van der Waals surface area (Å²) in [4.78, 5) is 33.9. The first-order valence-corrected chi connectivity index (χ1v) is 13.2. The number of rotatable bonds is 4. The van der Waals surface area contributed by atoms with Crippen LogP contribution in [0.1, 0.15) is 46.5 Å². The van der Waals surface area contributed by atoms with E-state index < -0.39 is 6.10 Å². The molecule has 0 spiro atoms. The van der Waals surface area contributed by atoms with Crippen molar-refractivity contribution in [3.05, 3.63) is 42.3 Å². The van der Waals surface area contributed by atoms with Gasteiger partial charge in [-0.15, -0.1) is 0 Å². The van der Waals surface area contributed by atoms with Gasteiger partial charge in [-0.05, 0) is 67.1 Å². The zero-order chi connectivity index (χ0) is 24.7. The summed E-state index contributed by atoms with van der Waals surface area (Å²) in [6, 6.07) is 1.78. The van der Waals surface area contributed by atoms with Gasteiger partial charge in [0.1, 0.15) is 5.78 Å². The van der Waals surface area contributed by atoms with Crippen LogP contribution in [0.5, 0.6) is 0 Å². The van der Waals surface area contributed by atoms with Crippen molar-refractivity contribution in [2.45, 2.75) is 57.7 Å². The molecule has 4 aliphatic rings. The van der Waals surface area contributed by atoms with Gasteiger partial charge >= 0.3 is 0 Å². The van der Waals surface area contributed by atoms with Gasteiger partial charge in [0, 0.05) is 36.8 Å². The fraction of sp³-hybridized carbons (Fsp3) is 0.630. The van der Waals surface area contributed by atoms with Crippen LogP contribution in [0.4, 0.5) is 0 Å². The number of carbonyl (C=O) groups is 2. The number of ketones is 2. The normalized spacial score (nSPS) is 40.3. The molecule has 0 aliphatic heterocycles. The van der Waals surface area contributed by atoms with Gasteiger partial charge in [-0.25, -0.2) is 9.97 Å². The molecule has 0 bridgehead atoms. The molecule has 184 valence electrons. The van der Waals surface area contributed by atoms with E-state index in [9.17, 15) is 14.7 Å². The van der Waals surface area contributed by atoms with Crippen molar-refractivity contribution in [3.8, 4) is 0 Å². The molecule has 1 heterocycles. The summed E-state index contributed by atoms with van der Waals surface area (Å²) in [6.07, 6.45) is 12.0. The zero-order valence-electron chi connectivity index (χ0n) is 20.5. The monoisotopic (exact) mass is 484 g/mol. The van der Waals surface area contributed by atoms with Gasteiger partial charge in [0.25, 0.3) is 0 Å². The molecule has 7 heteroatoms. The first kappa shape index (κ1) is 25.3. The molecule has 6 nitrogen and oxygen atoms in total. The lowest BCUT2D eigenvalue weighted by Gasteiger charge is -2.60. The first-order valence-electron chi connectivity index (χ1n) is 12.2. The fourth-order valence-electron chi connectivity index (χ4n) is 7.87. The fourth-order valence-corrected chi connectivity index (χ4v) is 8.62. The van der Waals surface area contributed by atoms with Gasteiger partial charge in [-0.1, -0.05) is 44.2 Å². The highest BCUT2D eigenvalue weighted by Crippen LogP contribution is 2.66. The standard InChI is InChI=1S/C26H32N2O3S.CH4O/c1-15-11-17-18-5-6-19(22(31)14-32-24-27-9-4-10-28-24)26(18,3)13-21(30)23(17)25(2)8-7-16(29)12-20(15)25;1-2/h4,7-10,12,15,17-19,21,23,30H,5-6,11,13-14H2,1-3H3;2H,1H3/t15-,17?,18?,19?,21-,23?,25?,26?;/m0./s1. The van der Waals surface area contributed by atoms with Crippen molar-refractivity contribution in [2.75, 3.05) is 12.9 Å². The van der Waals surface area contributed by atoms with E-state index in [1.54, 1.807) is 24.5 Å². The highest BCUT2D eigenvalue weighted by molar-refractivity contribution is 7.99. The quantitative estimate of drug-likeness (QED) is 0.494. The smallest absolute Gasteiger partial charge is 0.187 e. The topological polar surface area (TPSA) is 100 Å². The van der Waals surface area contributed by atoms with Gasteiger partial charge in [0.05, 0.1) is 11.9 Å². The van der Waals surface area contributed by atoms with Gasteiger partial charge < -0.3 is 10.2 Å². The Balaban J connectivity index is 0.00000133. The SMILES string of the molecule is CO.C[C@H]1CC2C([C@@H](O)CC3(C)C(C(=O)CSc4ncccn4)CCC23)C2(C)C=CC(=O)C=C12. The summed E-state index contributed by atoms with van der Waals surface area (Å²) in [5.74, 6) is 1.88. The lowest BCUT2D eigenvalue weighted by atomic mass is 9.45. The van der Waals surface area contributed by atoms with E-state index in [-0.39, 0.29) is 34.2 Å². The lowest BCUT2D eigenvalue weighted by Crippen LogP contribution is -2.57. The molecular weight excluding hydrogens is 448 g/mol. The van der Waals surface area contributed by atoms with Crippen LogP contribution in [0, 0.1) is 40.4 Å². The van der Waals surface area contributed by atoms with E-state index in [1.165, 1.54) is 17.3 Å². The summed E-state index contributed by atoms with van der Waals surface area (Å²) in [6.45, 7) is 6.67. The maximum Gasteiger partial charge on any atom is 0.187 e. The number of carbonyl (C=O) groups excluding carboxylic acids is 2. The van der Waals surface area contributed by atoms with Crippen LogP contribution in [0.3, 0.4) is 0 Å². The van der Waals surface area contributed by atoms with Crippen molar-refractivity contribution in [1.82, 2.24) is 9.97 Å². The number of hydrogen-bond acceptors (Lipinski definition) is 7. The Hall–Kier alpha value is -1.83. The molecular formula is C27H36N2O4S. The number of hydrogen-bond donors (Lipinski definition) is 2. The maximum absolute atomic E-state index is 13.3. The molecule has 0 amide bonds. The Labute approximate surface area is 206 Å². The van der Waals surface area contributed by atoms with Crippen molar-refractivity contribution in [2.24, 2.45) is 40.4 Å². The second kappa shape index (κ2) is 9.67.